The highest BCUT2D eigenvalue weighted by molar-refractivity contribution is 5.94. The Morgan fingerprint density at radius 1 is 0.917 bits per heavy atom. The number of fused-ring (bicyclic) bond motifs is 1. The van der Waals surface area contributed by atoms with E-state index >= 15 is 0 Å². The van der Waals surface area contributed by atoms with Crippen LogP contribution in [0.1, 0.15) is 36.2 Å². The molecule has 0 fully saturated rings. The molecule has 3 aromatic heterocycles. The van der Waals surface area contributed by atoms with Crippen LogP contribution in [0.15, 0.2) is 85.6 Å². The lowest BCUT2D eigenvalue weighted by Crippen LogP contribution is -2.31. The largest absolute Gasteiger partial charge is 0.374 e. The predicted molar refractivity (Wildman–Crippen MR) is 145 cm³/mol. The van der Waals surface area contributed by atoms with Crippen molar-refractivity contribution in [2.24, 2.45) is 7.05 Å². The molecule has 0 saturated heterocycles. The summed E-state index contributed by atoms with van der Waals surface area (Å²) >= 11 is 0. The average Bonchev–Trinajstić information content (AvgIpc) is 3.36. The second-order valence-corrected chi connectivity index (χ2v) is 9.04. The Hall–Kier alpha value is -4.03. The number of rotatable bonds is 7. The Kier molecular flexibility index (Phi) is 6.29. The van der Waals surface area contributed by atoms with Gasteiger partial charge in [0, 0.05) is 43.5 Å². The summed E-state index contributed by atoms with van der Waals surface area (Å²) < 4.78 is 1.86. The fourth-order valence-electron chi connectivity index (χ4n) is 5.10. The van der Waals surface area contributed by atoms with E-state index < -0.39 is 5.60 Å². The molecule has 1 unspecified atom stereocenters. The first kappa shape index (κ1) is 23.7. The number of aryl methyl sites for hydroxylation is 2. The van der Waals surface area contributed by atoms with Crippen LogP contribution in [0.4, 0.5) is 5.82 Å². The average molecular weight is 478 g/mol. The SMILES string of the molecule is CCN(CC)c1nc2ccc(C(O)(c3ccncc3)c3cncn3C)cc2c(C)c1-c1ccccc1. The maximum absolute atomic E-state index is 12.3. The number of pyridine rings is 2. The lowest BCUT2D eigenvalue weighted by Gasteiger charge is -2.30. The van der Waals surface area contributed by atoms with E-state index in [9.17, 15) is 5.11 Å². The van der Waals surface area contributed by atoms with E-state index in [1.54, 1.807) is 24.9 Å². The van der Waals surface area contributed by atoms with Gasteiger partial charge in [-0.2, -0.15) is 0 Å². The van der Waals surface area contributed by atoms with Crippen LogP contribution in [0, 0.1) is 6.92 Å². The molecule has 0 saturated carbocycles. The lowest BCUT2D eigenvalue weighted by atomic mass is 9.83. The molecule has 0 aliphatic carbocycles. The molecular formula is C30H31N5O. The molecule has 36 heavy (non-hydrogen) atoms. The Bertz CT molecular complexity index is 1490. The molecule has 0 amide bonds. The van der Waals surface area contributed by atoms with Crippen LogP contribution in [0.25, 0.3) is 22.0 Å². The van der Waals surface area contributed by atoms with Crippen molar-refractivity contribution in [1.29, 1.82) is 0 Å². The number of imidazole rings is 1. The van der Waals surface area contributed by atoms with Crippen LogP contribution in [0.2, 0.25) is 0 Å². The number of hydrogen-bond donors (Lipinski definition) is 1. The van der Waals surface area contributed by atoms with Gasteiger partial charge >= 0.3 is 0 Å². The van der Waals surface area contributed by atoms with E-state index in [0.29, 0.717) is 5.69 Å². The third-order valence-corrected chi connectivity index (χ3v) is 7.05. The van der Waals surface area contributed by atoms with E-state index in [-0.39, 0.29) is 0 Å². The topological polar surface area (TPSA) is 67.1 Å². The zero-order valence-electron chi connectivity index (χ0n) is 21.2. The monoisotopic (exact) mass is 477 g/mol. The molecule has 182 valence electrons. The quantitative estimate of drug-likeness (QED) is 0.337. The summed E-state index contributed by atoms with van der Waals surface area (Å²) in [7, 11) is 1.90. The first-order valence-electron chi connectivity index (χ1n) is 12.3. The zero-order valence-corrected chi connectivity index (χ0v) is 21.2. The van der Waals surface area contributed by atoms with Crippen molar-refractivity contribution in [3.63, 3.8) is 0 Å². The van der Waals surface area contributed by atoms with E-state index in [1.807, 2.05) is 41.9 Å². The van der Waals surface area contributed by atoms with Gasteiger partial charge in [-0.3, -0.25) is 4.98 Å². The number of aromatic nitrogens is 4. The van der Waals surface area contributed by atoms with Crippen molar-refractivity contribution in [3.8, 4) is 11.1 Å². The molecule has 1 N–H and O–H groups in total. The number of anilines is 1. The molecule has 0 spiro atoms. The minimum Gasteiger partial charge on any atom is -0.374 e. The molecule has 6 nitrogen and oxygen atoms in total. The summed E-state index contributed by atoms with van der Waals surface area (Å²) in [6, 6.07) is 20.2. The molecule has 1 atom stereocenters. The van der Waals surface area contributed by atoms with Crippen LogP contribution in [-0.2, 0) is 12.6 Å². The van der Waals surface area contributed by atoms with E-state index in [2.05, 4.69) is 66.0 Å². The van der Waals surface area contributed by atoms with Gasteiger partial charge in [0.2, 0.25) is 0 Å². The number of nitrogens with zero attached hydrogens (tertiary/aromatic N) is 5. The number of hydrogen-bond acceptors (Lipinski definition) is 5. The lowest BCUT2D eigenvalue weighted by molar-refractivity contribution is 0.117. The maximum atomic E-state index is 12.3. The van der Waals surface area contributed by atoms with Gasteiger partial charge in [-0.25, -0.2) is 9.97 Å². The van der Waals surface area contributed by atoms with Gasteiger partial charge in [-0.1, -0.05) is 36.4 Å². The smallest absolute Gasteiger partial charge is 0.157 e. The van der Waals surface area contributed by atoms with Crippen LogP contribution in [-0.4, -0.2) is 37.7 Å². The predicted octanol–water partition coefficient (Wildman–Crippen LogP) is 5.47. The summed E-state index contributed by atoms with van der Waals surface area (Å²) in [6.45, 7) is 8.21. The van der Waals surface area contributed by atoms with Crippen LogP contribution < -0.4 is 4.90 Å². The van der Waals surface area contributed by atoms with Gasteiger partial charge in [0.15, 0.2) is 5.60 Å². The van der Waals surface area contributed by atoms with Crippen LogP contribution in [0.3, 0.4) is 0 Å². The van der Waals surface area contributed by atoms with Crippen molar-refractivity contribution in [1.82, 2.24) is 19.5 Å². The first-order chi connectivity index (χ1) is 17.5. The fraction of sp³-hybridized carbons (Fsp3) is 0.233. The second-order valence-electron chi connectivity index (χ2n) is 9.04. The zero-order chi connectivity index (χ0) is 25.3. The van der Waals surface area contributed by atoms with Gasteiger partial charge in [0.1, 0.15) is 5.82 Å². The first-order valence-corrected chi connectivity index (χ1v) is 12.3. The highest BCUT2D eigenvalue weighted by Crippen LogP contribution is 2.41. The van der Waals surface area contributed by atoms with Crippen molar-refractivity contribution >= 4 is 16.7 Å². The Morgan fingerprint density at radius 2 is 1.64 bits per heavy atom. The second kappa shape index (κ2) is 9.55. The molecular weight excluding hydrogens is 446 g/mol. The van der Waals surface area contributed by atoms with Gasteiger partial charge in [-0.05, 0) is 67.3 Å². The van der Waals surface area contributed by atoms with Gasteiger partial charge < -0.3 is 14.6 Å². The molecule has 0 aliphatic rings. The minimum absolute atomic E-state index is 0.682. The molecule has 5 aromatic rings. The third kappa shape index (κ3) is 3.84. The minimum atomic E-state index is -1.40. The van der Waals surface area contributed by atoms with E-state index in [0.717, 1.165) is 57.6 Å². The van der Waals surface area contributed by atoms with Crippen molar-refractivity contribution in [3.05, 3.63) is 108 Å². The fourth-order valence-corrected chi connectivity index (χ4v) is 5.10. The molecule has 0 radical (unpaired) electrons. The van der Waals surface area contributed by atoms with Crippen LogP contribution >= 0.6 is 0 Å². The molecule has 0 bridgehead atoms. The Morgan fingerprint density at radius 3 is 2.28 bits per heavy atom. The molecule has 6 heteroatoms. The number of aliphatic hydroxyl groups is 1. The van der Waals surface area contributed by atoms with Crippen molar-refractivity contribution < 1.29 is 5.11 Å². The van der Waals surface area contributed by atoms with Gasteiger partial charge in [-0.15, -0.1) is 0 Å². The third-order valence-electron chi connectivity index (χ3n) is 7.05. The van der Waals surface area contributed by atoms with E-state index in [4.69, 9.17) is 4.98 Å². The molecule has 3 heterocycles. The normalized spacial score (nSPS) is 13.0. The summed E-state index contributed by atoms with van der Waals surface area (Å²) in [5.74, 6) is 0.986. The van der Waals surface area contributed by atoms with Crippen molar-refractivity contribution in [2.45, 2.75) is 26.4 Å². The standard InChI is InChI=1S/C30H31N5O/c1-5-35(6-2)29-28(22-10-8-7-9-11-22)21(3)25-18-24(12-13-26(25)33-29)30(36,23-14-16-31-17-15-23)27-19-32-20-34(27)4/h7-20,36H,5-6H2,1-4H3. The summed E-state index contributed by atoms with van der Waals surface area (Å²) in [4.78, 5) is 15.9. The Labute approximate surface area is 211 Å². The highest BCUT2D eigenvalue weighted by atomic mass is 16.3. The van der Waals surface area contributed by atoms with Crippen LogP contribution in [0.5, 0.6) is 0 Å². The van der Waals surface area contributed by atoms with Gasteiger partial charge in [0.25, 0.3) is 0 Å². The molecule has 0 aliphatic heterocycles. The molecule has 5 rings (SSSR count). The summed E-state index contributed by atoms with van der Waals surface area (Å²) in [5.41, 5.74) is 5.06. The molecule has 2 aromatic carbocycles. The van der Waals surface area contributed by atoms with E-state index in [1.165, 1.54) is 0 Å². The van der Waals surface area contributed by atoms with Gasteiger partial charge in [0.05, 0.1) is 23.7 Å². The Balaban J connectivity index is 1.80. The number of benzene rings is 2. The van der Waals surface area contributed by atoms with Crippen molar-refractivity contribution in [2.75, 3.05) is 18.0 Å². The maximum Gasteiger partial charge on any atom is 0.157 e. The summed E-state index contributed by atoms with van der Waals surface area (Å²) in [5, 5.41) is 13.3. The highest BCUT2D eigenvalue weighted by Gasteiger charge is 2.37. The summed E-state index contributed by atoms with van der Waals surface area (Å²) in [6.07, 6.45) is 6.83.